The number of carbonyl (C=O) groups is 1. The lowest BCUT2D eigenvalue weighted by atomic mass is 10.2. The molecule has 0 radical (unpaired) electrons. The lowest BCUT2D eigenvalue weighted by Gasteiger charge is -2.29. The van der Waals surface area contributed by atoms with Crippen LogP contribution in [-0.2, 0) is 11.3 Å². The summed E-state index contributed by atoms with van der Waals surface area (Å²) in [5, 5.41) is 0. The monoisotopic (exact) mass is 237 g/mol. The van der Waals surface area contributed by atoms with Crippen LogP contribution >= 0.6 is 11.8 Å². The highest BCUT2D eigenvalue weighted by Crippen LogP contribution is 2.35. The minimum absolute atomic E-state index is 0.122. The number of amides is 1. The van der Waals surface area contributed by atoms with E-state index in [9.17, 15) is 4.79 Å². The number of nitrogens with zero attached hydrogens (tertiary/aromatic N) is 1. The quantitative estimate of drug-likeness (QED) is 0.805. The molecule has 0 aliphatic carbocycles. The van der Waals surface area contributed by atoms with Crippen LogP contribution in [-0.4, -0.2) is 24.7 Å². The minimum atomic E-state index is 0.122. The van der Waals surface area contributed by atoms with E-state index in [1.807, 2.05) is 18.2 Å². The molecule has 1 aromatic rings. The Hall–Kier alpha value is -1.04. The van der Waals surface area contributed by atoms with Gasteiger partial charge < -0.3 is 16.4 Å². The average Bonchev–Trinajstić information content (AvgIpc) is 2.32. The Morgan fingerprint density at radius 3 is 2.88 bits per heavy atom. The smallest absolute Gasteiger partial charge is 0.237 e. The molecule has 0 atom stereocenters. The second-order valence-corrected chi connectivity index (χ2v) is 4.65. The standard InChI is InChI=1S/C11H15N3OS/c12-3-4-14-9-5-8(6-13)1-2-10(9)16-7-11(14)15/h1-2,5H,3-4,6-7,12-13H2. The molecule has 86 valence electrons. The van der Waals surface area contributed by atoms with Crippen LogP contribution < -0.4 is 16.4 Å². The molecule has 1 aromatic carbocycles. The number of hydrogen-bond acceptors (Lipinski definition) is 4. The Bertz CT molecular complexity index is 408. The van der Waals surface area contributed by atoms with E-state index >= 15 is 0 Å². The van der Waals surface area contributed by atoms with Gasteiger partial charge in [0, 0.05) is 24.5 Å². The van der Waals surface area contributed by atoms with E-state index in [0.717, 1.165) is 16.1 Å². The third-order valence-corrected chi connectivity index (χ3v) is 3.60. The number of nitrogens with two attached hydrogens (primary N) is 2. The van der Waals surface area contributed by atoms with Crippen LogP contribution in [0.2, 0.25) is 0 Å². The molecule has 2 rings (SSSR count). The van der Waals surface area contributed by atoms with Crippen LogP contribution in [0.1, 0.15) is 5.56 Å². The summed E-state index contributed by atoms with van der Waals surface area (Å²) >= 11 is 1.57. The summed E-state index contributed by atoms with van der Waals surface area (Å²) in [7, 11) is 0. The molecule has 1 heterocycles. The zero-order valence-electron chi connectivity index (χ0n) is 8.98. The van der Waals surface area contributed by atoms with E-state index in [1.165, 1.54) is 0 Å². The molecule has 0 aromatic heterocycles. The van der Waals surface area contributed by atoms with Gasteiger partial charge in [0.15, 0.2) is 0 Å². The Morgan fingerprint density at radius 1 is 1.38 bits per heavy atom. The lowest BCUT2D eigenvalue weighted by Crippen LogP contribution is -2.39. The first-order valence-electron chi connectivity index (χ1n) is 5.22. The molecule has 4 N–H and O–H groups in total. The lowest BCUT2D eigenvalue weighted by molar-refractivity contribution is -0.116. The van der Waals surface area contributed by atoms with E-state index in [1.54, 1.807) is 16.7 Å². The number of carbonyl (C=O) groups excluding carboxylic acids is 1. The van der Waals surface area contributed by atoms with Gasteiger partial charge in [0.2, 0.25) is 5.91 Å². The molecule has 16 heavy (non-hydrogen) atoms. The summed E-state index contributed by atoms with van der Waals surface area (Å²) in [6, 6.07) is 6.01. The normalized spacial score (nSPS) is 15.1. The van der Waals surface area contributed by atoms with Crippen molar-refractivity contribution >= 4 is 23.4 Å². The maximum absolute atomic E-state index is 11.8. The molecule has 4 nitrogen and oxygen atoms in total. The Balaban J connectivity index is 2.39. The number of hydrogen-bond donors (Lipinski definition) is 2. The summed E-state index contributed by atoms with van der Waals surface area (Å²) in [6.07, 6.45) is 0. The second kappa shape index (κ2) is 4.86. The summed E-state index contributed by atoms with van der Waals surface area (Å²) in [6.45, 7) is 1.53. The predicted octanol–water partition coefficient (Wildman–Crippen LogP) is 0.543. The summed E-state index contributed by atoms with van der Waals surface area (Å²) in [5.74, 6) is 0.617. The van der Waals surface area contributed by atoms with Crippen LogP contribution in [0.3, 0.4) is 0 Å². The van der Waals surface area contributed by atoms with Crippen molar-refractivity contribution in [3.8, 4) is 0 Å². The molecule has 1 amide bonds. The first-order chi connectivity index (χ1) is 7.76. The molecule has 0 bridgehead atoms. The van der Waals surface area contributed by atoms with E-state index in [-0.39, 0.29) is 5.91 Å². The number of benzene rings is 1. The molecular formula is C11H15N3OS. The molecule has 0 unspecified atom stereocenters. The van der Waals surface area contributed by atoms with Gasteiger partial charge in [-0.15, -0.1) is 11.8 Å². The highest BCUT2D eigenvalue weighted by atomic mass is 32.2. The van der Waals surface area contributed by atoms with Gasteiger partial charge in [0.05, 0.1) is 11.4 Å². The van der Waals surface area contributed by atoms with E-state index in [0.29, 0.717) is 25.4 Å². The topological polar surface area (TPSA) is 72.3 Å². The fourth-order valence-electron chi connectivity index (χ4n) is 1.75. The third-order valence-electron chi connectivity index (χ3n) is 2.55. The van der Waals surface area contributed by atoms with Crippen LogP contribution in [0.25, 0.3) is 0 Å². The highest BCUT2D eigenvalue weighted by Gasteiger charge is 2.23. The predicted molar refractivity (Wildman–Crippen MR) is 66.5 cm³/mol. The molecule has 1 aliphatic rings. The summed E-state index contributed by atoms with van der Waals surface area (Å²) in [5.41, 5.74) is 13.1. The van der Waals surface area contributed by atoms with Crippen molar-refractivity contribution in [2.24, 2.45) is 11.5 Å². The van der Waals surface area contributed by atoms with Crippen molar-refractivity contribution in [1.82, 2.24) is 0 Å². The van der Waals surface area contributed by atoms with Crippen molar-refractivity contribution < 1.29 is 4.79 Å². The zero-order valence-corrected chi connectivity index (χ0v) is 9.80. The SMILES string of the molecule is NCCN1C(=O)CSc2ccc(CN)cc21. The molecule has 5 heteroatoms. The highest BCUT2D eigenvalue weighted by molar-refractivity contribution is 8.00. The Labute approximate surface area is 99.0 Å². The fraction of sp³-hybridized carbons (Fsp3) is 0.364. The van der Waals surface area contributed by atoms with Crippen molar-refractivity contribution in [2.75, 3.05) is 23.7 Å². The maximum Gasteiger partial charge on any atom is 0.237 e. The molecule has 0 spiro atoms. The second-order valence-electron chi connectivity index (χ2n) is 3.63. The van der Waals surface area contributed by atoms with Crippen molar-refractivity contribution in [2.45, 2.75) is 11.4 Å². The van der Waals surface area contributed by atoms with E-state index < -0.39 is 0 Å². The van der Waals surface area contributed by atoms with Crippen molar-refractivity contribution in [1.29, 1.82) is 0 Å². The van der Waals surface area contributed by atoms with Gasteiger partial charge in [-0.05, 0) is 17.7 Å². The Morgan fingerprint density at radius 2 is 2.19 bits per heavy atom. The molecule has 0 saturated carbocycles. The maximum atomic E-state index is 11.8. The van der Waals surface area contributed by atoms with Crippen molar-refractivity contribution in [3.05, 3.63) is 23.8 Å². The molecule has 0 saturated heterocycles. The molecular weight excluding hydrogens is 222 g/mol. The average molecular weight is 237 g/mol. The first kappa shape index (κ1) is 11.4. The van der Waals surface area contributed by atoms with Crippen LogP contribution in [0.4, 0.5) is 5.69 Å². The summed E-state index contributed by atoms with van der Waals surface area (Å²) in [4.78, 5) is 14.6. The van der Waals surface area contributed by atoms with Gasteiger partial charge in [-0.1, -0.05) is 6.07 Å². The van der Waals surface area contributed by atoms with Gasteiger partial charge in [0.1, 0.15) is 0 Å². The number of rotatable bonds is 3. The Kier molecular flexibility index (Phi) is 3.48. The number of fused-ring (bicyclic) bond motifs is 1. The third kappa shape index (κ3) is 2.07. The van der Waals surface area contributed by atoms with Crippen LogP contribution in [0, 0.1) is 0 Å². The fourth-order valence-corrected chi connectivity index (χ4v) is 2.66. The number of thioether (sulfide) groups is 1. The van der Waals surface area contributed by atoms with Gasteiger partial charge in [-0.2, -0.15) is 0 Å². The van der Waals surface area contributed by atoms with E-state index in [4.69, 9.17) is 11.5 Å². The van der Waals surface area contributed by atoms with Crippen LogP contribution in [0.5, 0.6) is 0 Å². The first-order valence-corrected chi connectivity index (χ1v) is 6.21. The van der Waals surface area contributed by atoms with Crippen molar-refractivity contribution in [3.63, 3.8) is 0 Å². The molecule has 1 aliphatic heterocycles. The van der Waals surface area contributed by atoms with Gasteiger partial charge in [-0.3, -0.25) is 4.79 Å². The van der Waals surface area contributed by atoms with E-state index in [2.05, 4.69) is 0 Å². The summed E-state index contributed by atoms with van der Waals surface area (Å²) < 4.78 is 0. The number of anilines is 1. The minimum Gasteiger partial charge on any atom is -0.329 e. The van der Waals surface area contributed by atoms with Gasteiger partial charge in [-0.25, -0.2) is 0 Å². The largest absolute Gasteiger partial charge is 0.329 e. The van der Waals surface area contributed by atoms with Gasteiger partial charge >= 0.3 is 0 Å². The van der Waals surface area contributed by atoms with Crippen LogP contribution in [0.15, 0.2) is 23.1 Å². The molecule has 0 fully saturated rings. The zero-order chi connectivity index (χ0) is 11.5. The van der Waals surface area contributed by atoms with Gasteiger partial charge in [0.25, 0.3) is 0 Å².